The third-order valence-corrected chi connectivity index (χ3v) is 3.60. The molecule has 1 saturated heterocycles. The van der Waals surface area contributed by atoms with E-state index >= 15 is 0 Å². The van der Waals surface area contributed by atoms with Crippen molar-refractivity contribution in [1.29, 1.82) is 0 Å². The van der Waals surface area contributed by atoms with Gasteiger partial charge in [0.05, 0.1) is 18.7 Å². The lowest BCUT2D eigenvalue weighted by molar-refractivity contribution is -0.0860. The van der Waals surface area contributed by atoms with Crippen LogP contribution in [0.4, 0.5) is 5.69 Å². The van der Waals surface area contributed by atoms with Crippen LogP contribution in [-0.2, 0) is 0 Å². The van der Waals surface area contributed by atoms with Gasteiger partial charge in [-0.3, -0.25) is 4.79 Å². The molecule has 0 spiro atoms. The zero-order valence-corrected chi connectivity index (χ0v) is 11.9. The summed E-state index contributed by atoms with van der Waals surface area (Å²) in [5.74, 6) is 0.00563. The van der Waals surface area contributed by atoms with E-state index in [1.54, 1.807) is 4.90 Å². The fourth-order valence-corrected chi connectivity index (χ4v) is 2.52. The van der Waals surface area contributed by atoms with E-state index in [4.69, 9.17) is 0 Å². The number of β-amino-alcohol motifs (C(OH)–C–C–N with tert-alkyl or cyclic N) is 1. The molecule has 19 heavy (non-hydrogen) atoms. The highest BCUT2D eigenvalue weighted by Crippen LogP contribution is 2.27. The molecular weight excluding hydrogens is 240 g/mol. The number of amides is 1. The Bertz CT molecular complexity index is 448. The van der Waals surface area contributed by atoms with Gasteiger partial charge in [-0.05, 0) is 30.7 Å². The summed E-state index contributed by atoms with van der Waals surface area (Å²) in [6, 6.07) is 7.56. The summed E-state index contributed by atoms with van der Waals surface area (Å²) in [7, 11) is 3.94. The summed E-state index contributed by atoms with van der Waals surface area (Å²) < 4.78 is 0. The first-order chi connectivity index (χ1) is 8.95. The number of hydrogen-bond acceptors (Lipinski definition) is 3. The minimum Gasteiger partial charge on any atom is -0.386 e. The number of likely N-dealkylation sites (tertiary alicyclic amines) is 1. The number of nitrogens with zero attached hydrogens (tertiary/aromatic N) is 2. The smallest absolute Gasteiger partial charge is 0.254 e. The van der Waals surface area contributed by atoms with Gasteiger partial charge < -0.3 is 14.9 Å². The molecule has 4 nitrogen and oxygen atoms in total. The summed E-state index contributed by atoms with van der Waals surface area (Å²) in [5.41, 5.74) is 1.10. The number of anilines is 1. The van der Waals surface area contributed by atoms with Crippen molar-refractivity contribution in [3.05, 3.63) is 29.8 Å². The molecule has 4 heteroatoms. The first kappa shape index (κ1) is 13.9. The highest BCUT2D eigenvalue weighted by molar-refractivity contribution is 5.95. The minimum atomic E-state index is -0.659. The van der Waals surface area contributed by atoms with Crippen LogP contribution in [0.15, 0.2) is 24.3 Å². The van der Waals surface area contributed by atoms with E-state index in [-0.39, 0.29) is 5.91 Å². The monoisotopic (exact) mass is 262 g/mol. The summed E-state index contributed by atoms with van der Waals surface area (Å²) in [6.07, 6.45) is 1.70. The Labute approximate surface area is 114 Å². The Hall–Kier alpha value is -1.55. The van der Waals surface area contributed by atoms with Gasteiger partial charge in [0.15, 0.2) is 0 Å². The van der Waals surface area contributed by atoms with E-state index < -0.39 is 5.60 Å². The number of rotatable bonds is 4. The van der Waals surface area contributed by atoms with Crippen LogP contribution in [0.25, 0.3) is 0 Å². The Morgan fingerprint density at radius 1 is 1.32 bits per heavy atom. The van der Waals surface area contributed by atoms with Gasteiger partial charge >= 0.3 is 0 Å². The van der Waals surface area contributed by atoms with Gasteiger partial charge in [0, 0.05) is 25.3 Å². The Balaban J connectivity index is 1.98. The molecule has 1 aliphatic heterocycles. The van der Waals surface area contributed by atoms with Gasteiger partial charge in [0.25, 0.3) is 5.91 Å². The molecule has 0 radical (unpaired) electrons. The van der Waals surface area contributed by atoms with E-state index in [2.05, 4.69) is 0 Å². The van der Waals surface area contributed by atoms with Gasteiger partial charge in [-0.15, -0.1) is 0 Å². The molecule has 0 aromatic heterocycles. The van der Waals surface area contributed by atoms with Crippen molar-refractivity contribution in [2.45, 2.75) is 25.4 Å². The predicted molar refractivity (Wildman–Crippen MR) is 76.5 cm³/mol. The van der Waals surface area contributed by atoms with Crippen LogP contribution >= 0.6 is 0 Å². The average Bonchev–Trinajstić information content (AvgIpc) is 2.35. The fraction of sp³-hybridized carbons (Fsp3) is 0.533. The lowest BCUT2D eigenvalue weighted by Crippen LogP contribution is -2.63. The molecular formula is C15H22N2O2. The van der Waals surface area contributed by atoms with Crippen LogP contribution < -0.4 is 4.90 Å². The van der Waals surface area contributed by atoms with Crippen molar-refractivity contribution in [2.24, 2.45) is 0 Å². The molecule has 0 saturated carbocycles. The molecule has 1 aromatic carbocycles. The van der Waals surface area contributed by atoms with Crippen molar-refractivity contribution in [3.63, 3.8) is 0 Å². The lowest BCUT2D eigenvalue weighted by atomic mass is 9.89. The molecule has 2 rings (SSSR count). The number of aliphatic hydroxyl groups is 1. The van der Waals surface area contributed by atoms with Crippen LogP contribution in [0.1, 0.15) is 30.1 Å². The quantitative estimate of drug-likeness (QED) is 0.899. The largest absolute Gasteiger partial charge is 0.386 e. The predicted octanol–water partition coefficient (Wildman–Crippen LogP) is 1.74. The van der Waals surface area contributed by atoms with E-state index in [0.29, 0.717) is 18.7 Å². The molecule has 0 atom stereocenters. The molecule has 1 aromatic rings. The van der Waals surface area contributed by atoms with E-state index in [0.717, 1.165) is 18.5 Å². The molecule has 1 fully saturated rings. The van der Waals surface area contributed by atoms with Crippen molar-refractivity contribution < 1.29 is 9.90 Å². The zero-order valence-electron chi connectivity index (χ0n) is 11.9. The van der Waals surface area contributed by atoms with Gasteiger partial charge in [0.2, 0.25) is 0 Å². The number of carbonyl (C=O) groups is 1. The average molecular weight is 262 g/mol. The minimum absolute atomic E-state index is 0.00563. The van der Waals surface area contributed by atoms with Crippen molar-refractivity contribution >= 4 is 11.6 Å². The first-order valence-corrected chi connectivity index (χ1v) is 6.74. The Morgan fingerprint density at radius 2 is 1.89 bits per heavy atom. The topological polar surface area (TPSA) is 43.8 Å². The number of benzene rings is 1. The molecule has 1 heterocycles. The Morgan fingerprint density at radius 3 is 2.37 bits per heavy atom. The highest BCUT2D eigenvalue weighted by Gasteiger charge is 2.42. The van der Waals surface area contributed by atoms with Crippen LogP contribution in [-0.4, -0.2) is 48.7 Å². The van der Waals surface area contributed by atoms with Gasteiger partial charge in [0.1, 0.15) is 0 Å². The number of carbonyl (C=O) groups excluding carboxylic acids is 1. The third-order valence-electron chi connectivity index (χ3n) is 3.60. The van der Waals surface area contributed by atoms with E-state index in [1.165, 1.54) is 0 Å². The lowest BCUT2D eigenvalue weighted by Gasteiger charge is -2.46. The second kappa shape index (κ2) is 5.21. The molecule has 0 bridgehead atoms. The van der Waals surface area contributed by atoms with Crippen LogP contribution in [0.2, 0.25) is 0 Å². The second-order valence-corrected chi connectivity index (χ2v) is 5.58. The van der Waals surface area contributed by atoms with Crippen molar-refractivity contribution in [3.8, 4) is 0 Å². The Kier molecular flexibility index (Phi) is 3.80. The molecule has 104 valence electrons. The normalized spacial score (nSPS) is 16.9. The van der Waals surface area contributed by atoms with Gasteiger partial charge in [-0.2, -0.15) is 0 Å². The second-order valence-electron chi connectivity index (χ2n) is 5.58. The summed E-state index contributed by atoms with van der Waals surface area (Å²) >= 11 is 0. The zero-order chi connectivity index (χ0) is 14.0. The highest BCUT2D eigenvalue weighted by atomic mass is 16.3. The first-order valence-electron chi connectivity index (χ1n) is 6.74. The SMILES string of the molecule is CCCC1(O)CN(C(=O)c2ccc(N(C)C)cc2)C1. The molecule has 1 aliphatic rings. The van der Waals surface area contributed by atoms with Crippen LogP contribution in [0, 0.1) is 0 Å². The van der Waals surface area contributed by atoms with Crippen LogP contribution in [0.5, 0.6) is 0 Å². The van der Waals surface area contributed by atoms with E-state index in [9.17, 15) is 9.90 Å². The van der Waals surface area contributed by atoms with Crippen molar-refractivity contribution in [2.75, 3.05) is 32.1 Å². The molecule has 0 unspecified atom stereocenters. The fourth-order valence-electron chi connectivity index (χ4n) is 2.52. The molecule has 1 amide bonds. The summed E-state index contributed by atoms with van der Waals surface area (Å²) in [5, 5.41) is 10.1. The van der Waals surface area contributed by atoms with Gasteiger partial charge in [-0.25, -0.2) is 0 Å². The third kappa shape index (κ3) is 2.89. The standard InChI is InChI=1S/C15H22N2O2/c1-4-9-15(19)10-17(11-15)14(18)12-5-7-13(8-6-12)16(2)3/h5-8,19H,4,9-11H2,1-3H3. The summed E-state index contributed by atoms with van der Waals surface area (Å²) in [4.78, 5) is 15.9. The van der Waals surface area contributed by atoms with Gasteiger partial charge in [-0.1, -0.05) is 13.3 Å². The summed E-state index contributed by atoms with van der Waals surface area (Å²) in [6.45, 7) is 2.95. The number of hydrogen-bond donors (Lipinski definition) is 1. The maximum Gasteiger partial charge on any atom is 0.254 e. The van der Waals surface area contributed by atoms with Crippen LogP contribution in [0.3, 0.4) is 0 Å². The van der Waals surface area contributed by atoms with E-state index in [1.807, 2.05) is 50.2 Å². The maximum atomic E-state index is 12.2. The molecule has 0 aliphatic carbocycles. The van der Waals surface area contributed by atoms with Crippen molar-refractivity contribution in [1.82, 2.24) is 4.90 Å². The maximum absolute atomic E-state index is 12.2. The molecule has 1 N–H and O–H groups in total.